The molecule has 0 atom stereocenters. The average molecular weight is 367 g/mol. The molecule has 0 bridgehead atoms. The van der Waals surface area contributed by atoms with Crippen molar-refractivity contribution in [2.45, 2.75) is 20.4 Å². The lowest BCUT2D eigenvalue weighted by molar-refractivity contribution is -0.133. The first kappa shape index (κ1) is 20.2. The second kappa shape index (κ2) is 9.52. The molecule has 27 heavy (non-hydrogen) atoms. The highest BCUT2D eigenvalue weighted by atomic mass is 16.5. The number of rotatable bonds is 9. The van der Waals surface area contributed by atoms with E-state index in [1.165, 1.54) is 4.90 Å². The minimum Gasteiger partial charge on any atom is -0.452 e. The first-order valence-corrected chi connectivity index (χ1v) is 8.72. The fourth-order valence-electron chi connectivity index (χ4n) is 2.78. The van der Waals surface area contributed by atoms with E-state index in [9.17, 15) is 9.59 Å². The molecular formula is C21H25N3O3. The van der Waals surface area contributed by atoms with Gasteiger partial charge in [0.1, 0.15) is 5.56 Å². The SMILES string of the molecule is C=CCN(CC=C)C(=O)COC(=O)c1c(C)nn(Cc2ccccc2)c1C. The molecule has 6 nitrogen and oxygen atoms in total. The Morgan fingerprint density at radius 1 is 1.15 bits per heavy atom. The molecule has 0 aliphatic heterocycles. The van der Waals surface area contributed by atoms with Gasteiger partial charge in [0.15, 0.2) is 6.61 Å². The smallest absolute Gasteiger partial charge is 0.342 e. The van der Waals surface area contributed by atoms with Gasteiger partial charge in [-0.25, -0.2) is 4.79 Å². The summed E-state index contributed by atoms with van der Waals surface area (Å²) < 4.78 is 7.01. The summed E-state index contributed by atoms with van der Waals surface area (Å²) >= 11 is 0. The number of aryl methyl sites for hydroxylation is 1. The maximum atomic E-state index is 12.5. The molecule has 6 heteroatoms. The number of hydrogen-bond acceptors (Lipinski definition) is 4. The van der Waals surface area contributed by atoms with Gasteiger partial charge in [-0.2, -0.15) is 5.10 Å². The quantitative estimate of drug-likeness (QED) is 0.505. The van der Waals surface area contributed by atoms with Crippen LogP contribution in [0.25, 0.3) is 0 Å². The summed E-state index contributed by atoms with van der Waals surface area (Å²) in [6, 6.07) is 9.87. The number of benzene rings is 1. The summed E-state index contributed by atoms with van der Waals surface area (Å²) in [5.41, 5.74) is 2.78. The third-order valence-electron chi connectivity index (χ3n) is 4.14. The largest absolute Gasteiger partial charge is 0.452 e. The molecule has 0 saturated carbocycles. The van der Waals surface area contributed by atoms with Crippen LogP contribution < -0.4 is 0 Å². The molecule has 142 valence electrons. The van der Waals surface area contributed by atoms with Gasteiger partial charge in [0.05, 0.1) is 17.9 Å². The number of ether oxygens (including phenoxy) is 1. The number of nitrogens with zero attached hydrogens (tertiary/aromatic N) is 3. The first-order valence-electron chi connectivity index (χ1n) is 8.72. The van der Waals surface area contributed by atoms with Crippen LogP contribution in [0.2, 0.25) is 0 Å². The summed E-state index contributed by atoms with van der Waals surface area (Å²) in [5, 5.41) is 4.44. The molecule has 0 N–H and O–H groups in total. The van der Waals surface area contributed by atoms with E-state index < -0.39 is 5.97 Å². The lowest BCUT2D eigenvalue weighted by Crippen LogP contribution is -2.35. The van der Waals surface area contributed by atoms with Crippen LogP contribution in [0.15, 0.2) is 55.6 Å². The molecule has 2 rings (SSSR count). The van der Waals surface area contributed by atoms with Crippen LogP contribution in [-0.4, -0.2) is 46.3 Å². The second-order valence-electron chi connectivity index (χ2n) is 6.14. The van der Waals surface area contributed by atoms with Crippen molar-refractivity contribution in [2.24, 2.45) is 0 Å². The fourth-order valence-corrected chi connectivity index (χ4v) is 2.78. The third-order valence-corrected chi connectivity index (χ3v) is 4.14. The van der Waals surface area contributed by atoms with Crippen molar-refractivity contribution < 1.29 is 14.3 Å². The van der Waals surface area contributed by atoms with Crippen LogP contribution >= 0.6 is 0 Å². The van der Waals surface area contributed by atoms with E-state index in [0.29, 0.717) is 36.6 Å². The summed E-state index contributed by atoms with van der Waals surface area (Å²) in [4.78, 5) is 26.2. The number of carbonyl (C=O) groups excluding carboxylic acids is 2. The van der Waals surface area contributed by atoms with Gasteiger partial charge in [-0.3, -0.25) is 9.48 Å². The minimum absolute atomic E-state index is 0.296. The Bertz CT molecular complexity index is 815. The molecule has 1 aromatic heterocycles. The van der Waals surface area contributed by atoms with E-state index in [4.69, 9.17) is 4.74 Å². The number of amides is 1. The minimum atomic E-state index is -0.546. The van der Waals surface area contributed by atoms with Crippen molar-refractivity contribution >= 4 is 11.9 Å². The van der Waals surface area contributed by atoms with E-state index >= 15 is 0 Å². The summed E-state index contributed by atoms with van der Waals surface area (Å²) in [6.45, 7) is 11.8. The van der Waals surface area contributed by atoms with Crippen molar-refractivity contribution in [1.82, 2.24) is 14.7 Å². The monoisotopic (exact) mass is 367 g/mol. The van der Waals surface area contributed by atoms with Crippen LogP contribution in [0, 0.1) is 13.8 Å². The maximum Gasteiger partial charge on any atom is 0.342 e. The molecule has 0 unspecified atom stereocenters. The zero-order valence-corrected chi connectivity index (χ0v) is 15.9. The fraction of sp³-hybridized carbons (Fsp3) is 0.286. The topological polar surface area (TPSA) is 64.4 Å². The molecule has 0 saturated heterocycles. The van der Waals surface area contributed by atoms with Crippen molar-refractivity contribution in [2.75, 3.05) is 19.7 Å². The van der Waals surface area contributed by atoms with Gasteiger partial charge in [-0.05, 0) is 19.4 Å². The van der Waals surface area contributed by atoms with E-state index in [1.807, 2.05) is 37.3 Å². The molecule has 1 heterocycles. The van der Waals surface area contributed by atoms with Crippen LogP contribution in [0.3, 0.4) is 0 Å². The molecule has 0 fully saturated rings. The van der Waals surface area contributed by atoms with Gasteiger partial charge in [0.25, 0.3) is 5.91 Å². The van der Waals surface area contributed by atoms with Crippen molar-refractivity contribution in [3.63, 3.8) is 0 Å². The third kappa shape index (κ3) is 5.17. The highest BCUT2D eigenvalue weighted by Crippen LogP contribution is 2.16. The van der Waals surface area contributed by atoms with Gasteiger partial charge >= 0.3 is 5.97 Å². The second-order valence-corrected chi connectivity index (χ2v) is 6.14. The number of esters is 1. The first-order chi connectivity index (χ1) is 13.0. The van der Waals surface area contributed by atoms with Gasteiger partial charge in [-0.15, -0.1) is 13.2 Å². The normalized spacial score (nSPS) is 10.3. The van der Waals surface area contributed by atoms with Gasteiger partial charge < -0.3 is 9.64 Å². The van der Waals surface area contributed by atoms with Crippen LogP contribution in [-0.2, 0) is 16.1 Å². The Balaban J connectivity index is 2.07. The number of aromatic nitrogens is 2. The Kier molecular flexibility index (Phi) is 7.11. The average Bonchev–Trinajstić information content (AvgIpc) is 2.93. The van der Waals surface area contributed by atoms with Crippen molar-refractivity contribution in [3.05, 3.63) is 78.2 Å². The molecule has 0 aliphatic carbocycles. The molecule has 0 spiro atoms. The summed E-state index contributed by atoms with van der Waals surface area (Å²) in [5.74, 6) is -0.843. The Hall–Kier alpha value is -3.15. The van der Waals surface area contributed by atoms with Crippen LogP contribution in [0.1, 0.15) is 27.3 Å². The molecule has 2 aromatic rings. The molecular weight excluding hydrogens is 342 g/mol. The lowest BCUT2D eigenvalue weighted by atomic mass is 10.2. The standard InChI is InChI=1S/C21H25N3O3/c1-5-12-23(13-6-2)19(25)15-27-21(26)20-16(3)22-24(17(20)4)14-18-10-8-7-9-11-18/h5-11H,1-2,12-15H2,3-4H3. The Morgan fingerprint density at radius 2 is 1.78 bits per heavy atom. The van der Waals surface area contributed by atoms with Gasteiger partial charge in [0.2, 0.25) is 0 Å². The molecule has 1 aromatic carbocycles. The number of hydrogen-bond donors (Lipinski definition) is 0. The molecule has 1 amide bonds. The Labute approximate surface area is 159 Å². The summed E-state index contributed by atoms with van der Waals surface area (Å²) in [7, 11) is 0. The highest BCUT2D eigenvalue weighted by molar-refractivity contribution is 5.93. The van der Waals surface area contributed by atoms with E-state index in [1.54, 1.807) is 23.8 Å². The Morgan fingerprint density at radius 3 is 2.37 bits per heavy atom. The van der Waals surface area contributed by atoms with E-state index in [2.05, 4.69) is 18.3 Å². The van der Waals surface area contributed by atoms with Crippen LogP contribution in [0.5, 0.6) is 0 Å². The van der Waals surface area contributed by atoms with Crippen molar-refractivity contribution in [3.8, 4) is 0 Å². The van der Waals surface area contributed by atoms with Crippen LogP contribution in [0.4, 0.5) is 0 Å². The predicted octanol–water partition coefficient (Wildman–Crippen LogP) is 2.91. The number of carbonyl (C=O) groups is 2. The van der Waals surface area contributed by atoms with Gasteiger partial charge in [-0.1, -0.05) is 42.5 Å². The zero-order chi connectivity index (χ0) is 19.8. The molecule has 0 radical (unpaired) electrons. The predicted molar refractivity (Wildman–Crippen MR) is 105 cm³/mol. The maximum absolute atomic E-state index is 12.5. The lowest BCUT2D eigenvalue weighted by Gasteiger charge is -2.18. The van der Waals surface area contributed by atoms with E-state index in [0.717, 1.165) is 5.56 Å². The van der Waals surface area contributed by atoms with Gasteiger partial charge in [0, 0.05) is 13.1 Å². The van der Waals surface area contributed by atoms with Crippen molar-refractivity contribution in [1.29, 1.82) is 0 Å². The molecule has 0 aliphatic rings. The zero-order valence-electron chi connectivity index (χ0n) is 15.9. The summed E-state index contributed by atoms with van der Waals surface area (Å²) in [6.07, 6.45) is 3.23. The highest BCUT2D eigenvalue weighted by Gasteiger charge is 2.22. The van der Waals surface area contributed by atoms with E-state index in [-0.39, 0.29) is 12.5 Å².